The van der Waals surface area contributed by atoms with Gasteiger partial charge in [-0.3, -0.25) is 4.79 Å². The van der Waals surface area contributed by atoms with Crippen molar-refractivity contribution in [2.75, 3.05) is 19.9 Å². The molecule has 1 unspecified atom stereocenters. The first-order valence-corrected chi connectivity index (χ1v) is 6.81. The van der Waals surface area contributed by atoms with E-state index in [1.807, 2.05) is 6.92 Å². The van der Waals surface area contributed by atoms with Crippen molar-refractivity contribution >= 4 is 13.1 Å². The minimum Gasteiger partial charge on any atom is -0.465 e. The maximum atomic E-state index is 11.6. The molecule has 0 radical (unpaired) electrons. The van der Waals surface area contributed by atoms with Crippen LogP contribution < -0.4 is 0 Å². The summed E-state index contributed by atoms with van der Waals surface area (Å²) in [4.78, 5) is 11.2. The number of rotatable bonds is 4. The second kappa shape index (κ2) is 4.66. The molecule has 0 fully saturated rings. The van der Waals surface area contributed by atoms with Crippen LogP contribution >= 0.6 is 7.14 Å². The Balaban J connectivity index is 4.36. The third kappa shape index (κ3) is 3.40. The molecule has 0 N–H and O–H groups in total. The average Bonchev–Trinajstić information content (AvgIpc) is 1.85. The van der Waals surface area contributed by atoms with Crippen molar-refractivity contribution in [3.63, 3.8) is 0 Å². The van der Waals surface area contributed by atoms with Crippen molar-refractivity contribution < 1.29 is 14.1 Å². The molecule has 0 aromatic rings. The maximum absolute atomic E-state index is 11.6. The zero-order valence-electron chi connectivity index (χ0n) is 8.16. The lowest BCUT2D eigenvalue weighted by atomic mass is 10.3. The Labute approximate surface area is 73.9 Å². The van der Waals surface area contributed by atoms with Gasteiger partial charge in [0.2, 0.25) is 0 Å². The molecule has 0 aromatic heterocycles. The summed E-state index contributed by atoms with van der Waals surface area (Å²) in [5.74, 6) is -0.326. The molecule has 4 heteroatoms. The summed E-state index contributed by atoms with van der Waals surface area (Å²) in [7, 11) is -2.34. The van der Waals surface area contributed by atoms with E-state index >= 15 is 0 Å². The van der Waals surface area contributed by atoms with E-state index in [0.717, 1.165) is 0 Å². The molecule has 0 saturated heterocycles. The molecule has 0 rings (SSSR count). The van der Waals surface area contributed by atoms with E-state index in [-0.39, 0.29) is 5.97 Å². The molecule has 0 aliphatic heterocycles. The molecular weight excluding hydrogens is 175 g/mol. The summed E-state index contributed by atoms with van der Waals surface area (Å²) in [5, 5.41) is 0. The highest BCUT2D eigenvalue weighted by atomic mass is 31.2. The molecule has 0 amide bonds. The SMILES string of the molecule is CCOC(=O)C(CC)P(C)(C)=O. The largest absolute Gasteiger partial charge is 0.465 e. The first-order chi connectivity index (χ1) is 5.43. The van der Waals surface area contributed by atoms with Crippen molar-refractivity contribution in [1.29, 1.82) is 0 Å². The molecule has 0 heterocycles. The first-order valence-electron chi connectivity index (χ1n) is 4.14. The summed E-state index contributed by atoms with van der Waals surface area (Å²) >= 11 is 0. The Kier molecular flexibility index (Phi) is 4.54. The molecule has 12 heavy (non-hydrogen) atoms. The molecule has 0 bridgehead atoms. The van der Waals surface area contributed by atoms with Crippen molar-refractivity contribution in [3.05, 3.63) is 0 Å². The fourth-order valence-electron chi connectivity index (χ4n) is 1.10. The summed E-state index contributed by atoms with van der Waals surface area (Å²) < 4.78 is 16.4. The second-order valence-corrected chi connectivity index (χ2v) is 6.60. The van der Waals surface area contributed by atoms with Gasteiger partial charge in [0, 0.05) is 0 Å². The highest BCUT2D eigenvalue weighted by Gasteiger charge is 2.29. The summed E-state index contributed by atoms with van der Waals surface area (Å²) in [6.45, 7) is 7.20. The highest BCUT2D eigenvalue weighted by Crippen LogP contribution is 2.44. The van der Waals surface area contributed by atoms with Crippen LogP contribution in [-0.2, 0) is 14.1 Å². The normalized spacial score (nSPS) is 14.0. The molecular formula is C8H17O3P. The van der Waals surface area contributed by atoms with Crippen LogP contribution in [0.4, 0.5) is 0 Å². The third-order valence-corrected chi connectivity index (χ3v) is 3.77. The number of hydrogen-bond acceptors (Lipinski definition) is 3. The van der Waals surface area contributed by atoms with Gasteiger partial charge in [-0.25, -0.2) is 0 Å². The Morgan fingerprint density at radius 3 is 2.17 bits per heavy atom. The quantitative estimate of drug-likeness (QED) is 0.505. The fraction of sp³-hybridized carbons (Fsp3) is 0.875. The molecule has 0 aromatic carbocycles. The van der Waals surface area contributed by atoms with Gasteiger partial charge in [-0.15, -0.1) is 0 Å². The van der Waals surface area contributed by atoms with Gasteiger partial charge in [-0.2, -0.15) is 0 Å². The lowest BCUT2D eigenvalue weighted by molar-refractivity contribution is -0.142. The Morgan fingerprint density at radius 1 is 1.42 bits per heavy atom. The number of carbonyl (C=O) groups excluding carboxylic acids is 1. The standard InChI is InChI=1S/C8H17O3P/c1-5-7(12(3,4)10)8(9)11-6-2/h7H,5-6H2,1-4H3. The molecule has 0 saturated carbocycles. The number of ether oxygens (including phenoxy) is 1. The molecule has 0 spiro atoms. The van der Waals surface area contributed by atoms with Gasteiger partial charge in [-0.05, 0) is 26.7 Å². The first kappa shape index (κ1) is 11.7. The average molecular weight is 192 g/mol. The Hall–Kier alpha value is -0.300. The van der Waals surface area contributed by atoms with Crippen LogP contribution in [0.15, 0.2) is 0 Å². The van der Waals surface area contributed by atoms with Crippen LogP contribution in [0.2, 0.25) is 0 Å². The minimum atomic E-state index is -2.34. The molecule has 0 aliphatic rings. The van der Waals surface area contributed by atoms with E-state index < -0.39 is 12.8 Å². The minimum absolute atomic E-state index is 0.326. The molecule has 0 aliphatic carbocycles. The van der Waals surface area contributed by atoms with Crippen LogP contribution in [0.5, 0.6) is 0 Å². The predicted octanol–water partition coefficient (Wildman–Crippen LogP) is 1.95. The zero-order chi connectivity index (χ0) is 9.78. The Morgan fingerprint density at radius 2 is 1.92 bits per heavy atom. The van der Waals surface area contributed by atoms with Crippen LogP contribution in [0, 0.1) is 0 Å². The number of esters is 1. The van der Waals surface area contributed by atoms with E-state index in [1.54, 1.807) is 20.3 Å². The van der Waals surface area contributed by atoms with E-state index in [1.165, 1.54) is 0 Å². The highest BCUT2D eigenvalue weighted by molar-refractivity contribution is 7.64. The fourth-order valence-corrected chi connectivity index (χ4v) is 2.56. The van der Waals surface area contributed by atoms with Crippen molar-refractivity contribution in [2.45, 2.75) is 25.9 Å². The van der Waals surface area contributed by atoms with E-state index in [0.29, 0.717) is 13.0 Å². The van der Waals surface area contributed by atoms with Gasteiger partial charge in [0.15, 0.2) is 0 Å². The van der Waals surface area contributed by atoms with Crippen LogP contribution in [0.25, 0.3) is 0 Å². The second-order valence-electron chi connectivity index (χ2n) is 3.11. The Bertz CT molecular complexity index is 194. The van der Waals surface area contributed by atoms with Crippen LogP contribution in [-0.4, -0.2) is 31.6 Å². The van der Waals surface area contributed by atoms with Gasteiger partial charge in [0.25, 0.3) is 0 Å². The summed E-state index contributed by atoms with van der Waals surface area (Å²) in [5.41, 5.74) is -0.419. The predicted molar refractivity (Wildman–Crippen MR) is 50.2 cm³/mol. The van der Waals surface area contributed by atoms with Crippen LogP contribution in [0.3, 0.4) is 0 Å². The maximum Gasteiger partial charge on any atom is 0.316 e. The van der Waals surface area contributed by atoms with Gasteiger partial charge in [0.1, 0.15) is 5.66 Å². The smallest absolute Gasteiger partial charge is 0.316 e. The van der Waals surface area contributed by atoms with E-state index in [4.69, 9.17) is 4.74 Å². The molecule has 3 nitrogen and oxygen atoms in total. The molecule has 1 atom stereocenters. The lowest BCUT2D eigenvalue weighted by Gasteiger charge is -2.17. The van der Waals surface area contributed by atoms with Gasteiger partial charge >= 0.3 is 5.97 Å². The number of carbonyl (C=O) groups is 1. The van der Waals surface area contributed by atoms with Crippen molar-refractivity contribution in [3.8, 4) is 0 Å². The topological polar surface area (TPSA) is 43.4 Å². The molecule has 72 valence electrons. The summed E-state index contributed by atoms with van der Waals surface area (Å²) in [6, 6.07) is 0. The third-order valence-electron chi connectivity index (χ3n) is 1.70. The zero-order valence-corrected chi connectivity index (χ0v) is 9.06. The van der Waals surface area contributed by atoms with E-state index in [9.17, 15) is 9.36 Å². The van der Waals surface area contributed by atoms with Gasteiger partial charge < -0.3 is 9.30 Å². The number of hydrogen-bond donors (Lipinski definition) is 0. The van der Waals surface area contributed by atoms with Gasteiger partial charge in [-0.1, -0.05) is 6.92 Å². The van der Waals surface area contributed by atoms with Crippen molar-refractivity contribution in [2.24, 2.45) is 0 Å². The van der Waals surface area contributed by atoms with E-state index in [2.05, 4.69) is 0 Å². The monoisotopic (exact) mass is 192 g/mol. The van der Waals surface area contributed by atoms with Crippen LogP contribution in [0.1, 0.15) is 20.3 Å². The summed E-state index contributed by atoms with van der Waals surface area (Å²) in [6.07, 6.45) is 0.586. The van der Waals surface area contributed by atoms with Gasteiger partial charge in [0.05, 0.1) is 13.7 Å². The lowest BCUT2D eigenvalue weighted by Crippen LogP contribution is -2.22. The van der Waals surface area contributed by atoms with Crippen molar-refractivity contribution in [1.82, 2.24) is 0 Å².